The van der Waals surface area contributed by atoms with Gasteiger partial charge in [-0.25, -0.2) is 0 Å². The highest BCUT2D eigenvalue weighted by molar-refractivity contribution is 9.10. The summed E-state index contributed by atoms with van der Waals surface area (Å²) in [7, 11) is 0. The SMILES string of the molecule is C#CCNC1=NC(=O)SC1=CC1CCN(Cc2ccc(Br)cc2C(F)(F)F)CC1. The molecule has 0 atom stereocenters. The Hall–Kier alpha value is -1.76. The van der Waals surface area contributed by atoms with Crippen molar-refractivity contribution in [2.24, 2.45) is 10.9 Å². The number of carbonyl (C=O) groups is 1. The van der Waals surface area contributed by atoms with E-state index in [1.54, 1.807) is 6.07 Å². The number of nitrogens with one attached hydrogen (secondary N) is 1. The number of alkyl halides is 3. The first kappa shape index (κ1) is 21.9. The topological polar surface area (TPSA) is 44.7 Å². The van der Waals surface area contributed by atoms with Crippen LogP contribution in [0.3, 0.4) is 0 Å². The average molecular weight is 486 g/mol. The van der Waals surface area contributed by atoms with E-state index in [1.807, 2.05) is 11.0 Å². The lowest BCUT2D eigenvalue weighted by molar-refractivity contribution is -0.138. The van der Waals surface area contributed by atoms with Gasteiger partial charge in [0, 0.05) is 11.0 Å². The Morgan fingerprint density at radius 1 is 1.38 bits per heavy atom. The predicted molar refractivity (Wildman–Crippen MR) is 112 cm³/mol. The number of likely N-dealkylation sites (tertiary alicyclic amines) is 1. The summed E-state index contributed by atoms with van der Waals surface area (Å²) in [6, 6.07) is 4.30. The molecule has 0 unspecified atom stereocenters. The second-order valence-electron chi connectivity index (χ2n) is 6.83. The first-order chi connectivity index (χ1) is 13.8. The third-order valence-corrected chi connectivity index (χ3v) is 6.09. The molecule has 0 spiro atoms. The Balaban J connectivity index is 1.61. The van der Waals surface area contributed by atoms with Gasteiger partial charge in [0.15, 0.2) is 0 Å². The van der Waals surface area contributed by atoms with Crippen LogP contribution in [0.4, 0.5) is 18.0 Å². The molecular formula is C20H19BrF3N3OS. The van der Waals surface area contributed by atoms with E-state index < -0.39 is 11.7 Å². The van der Waals surface area contributed by atoms with E-state index in [0.29, 0.717) is 23.4 Å². The Kier molecular flexibility index (Phi) is 7.09. The molecule has 9 heteroatoms. The molecular weight excluding hydrogens is 467 g/mol. The normalized spacial score (nSPS) is 20.0. The van der Waals surface area contributed by atoms with Gasteiger partial charge in [-0.15, -0.1) is 6.42 Å². The highest BCUT2D eigenvalue weighted by atomic mass is 79.9. The van der Waals surface area contributed by atoms with Crippen molar-refractivity contribution in [3.05, 3.63) is 44.8 Å². The monoisotopic (exact) mass is 485 g/mol. The van der Waals surface area contributed by atoms with Crippen LogP contribution in [0.25, 0.3) is 0 Å². The van der Waals surface area contributed by atoms with Gasteiger partial charge in [0.2, 0.25) is 0 Å². The fourth-order valence-electron chi connectivity index (χ4n) is 3.37. The smallest absolute Gasteiger partial charge is 0.358 e. The van der Waals surface area contributed by atoms with Crippen molar-refractivity contribution in [2.45, 2.75) is 25.6 Å². The van der Waals surface area contributed by atoms with Crippen LogP contribution in [0.1, 0.15) is 24.0 Å². The number of hydrogen-bond donors (Lipinski definition) is 1. The second kappa shape index (κ2) is 9.37. The lowest BCUT2D eigenvalue weighted by Crippen LogP contribution is -2.33. The van der Waals surface area contributed by atoms with Gasteiger partial charge in [-0.1, -0.05) is 34.0 Å². The molecule has 0 aliphatic carbocycles. The maximum absolute atomic E-state index is 13.3. The predicted octanol–water partition coefficient (Wildman–Crippen LogP) is 5.05. The summed E-state index contributed by atoms with van der Waals surface area (Å²) in [5.74, 6) is 3.20. The van der Waals surface area contributed by atoms with Crippen LogP contribution in [0, 0.1) is 18.3 Å². The summed E-state index contributed by atoms with van der Waals surface area (Å²) >= 11 is 4.19. The van der Waals surface area contributed by atoms with Gasteiger partial charge in [-0.2, -0.15) is 18.2 Å². The van der Waals surface area contributed by atoms with Gasteiger partial charge in [0.05, 0.1) is 17.0 Å². The summed E-state index contributed by atoms with van der Waals surface area (Å²) in [6.07, 6.45) is 4.49. The lowest BCUT2D eigenvalue weighted by atomic mass is 9.95. The average Bonchev–Trinajstić information content (AvgIpc) is 3.01. The fourth-order valence-corrected chi connectivity index (χ4v) is 4.53. The minimum absolute atomic E-state index is 0.240. The maximum Gasteiger partial charge on any atom is 0.416 e. The number of terminal acetylenes is 1. The highest BCUT2D eigenvalue weighted by Gasteiger charge is 2.34. The molecule has 2 aliphatic rings. The van der Waals surface area contributed by atoms with Gasteiger partial charge in [-0.3, -0.25) is 9.69 Å². The van der Waals surface area contributed by atoms with Crippen molar-refractivity contribution in [3.63, 3.8) is 0 Å². The Bertz CT molecular complexity index is 884. The summed E-state index contributed by atoms with van der Waals surface area (Å²) in [5, 5.41) is 2.68. The minimum Gasteiger partial charge on any atom is -0.358 e. The van der Waals surface area contributed by atoms with Crippen LogP contribution in [0.2, 0.25) is 0 Å². The number of amides is 1. The van der Waals surface area contributed by atoms with Gasteiger partial charge in [-0.05, 0) is 61.3 Å². The molecule has 1 N–H and O–H groups in total. The molecule has 2 aliphatic heterocycles. The molecule has 1 aromatic rings. The quantitative estimate of drug-likeness (QED) is 0.605. The zero-order valence-corrected chi connectivity index (χ0v) is 17.8. The first-order valence-electron chi connectivity index (χ1n) is 9.04. The summed E-state index contributed by atoms with van der Waals surface area (Å²) in [4.78, 5) is 18.3. The lowest BCUT2D eigenvalue weighted by Gasteiger charge is -2.31. The van der Waals surface area contributed by atoms with Crippen molar-refractivity contribution in [3.8, 4) is 12.3 Å². The number of thioether (sulfide) groups is 1. The van der Waals surface area contributed by atoms with Crippen LogP contribution < -0.4 is 5.32 Å². The Morgan fingerprint density at radius 2 is 2.10 bits per heavy atom. The minimum atomic E-state index is -4.38. The van der Waals surface area contributed by atoms with Crippen LogP contribution in [0.5, 0.6) is 0 Å². The molecule has 0 saturated carbocycles. The largest absolute Gasteiger partial charge is 0.416 e. The van der Waals surface area contributed by atoms with Crippen LogP contribution >= 0.6 is 27.7 Å². The number of aliphatic imine (C=N–C) groups is 1. The molecule has 1 saturated heterocycles. The van der Waals surface area contributed by atoms with Gasteiger partial charge < -0.3 is 5.32 Å². The van der Waals surface area contributed by atoms with E-state index in [2.05, 4.69) is 32.2 Å². The first-order valence-corrected chi connectivity index (χ1v) is 10.6. The molecule has 0 aromatic heterocycles. The number of allylic oxidation sites excluding steroid dienone is 1. The van der Waals surface area contributed by atoms with Crippen LogP contribution in [-0.2, 0) is 12.7 Å². The zero-order chi connectivity index (χ0) is 21.0. The zero-order valence-electron chi connectivity index (χ0n) is 15.4. The Labute approximate surface area is 180 Å². The van der Waals surface area contributed by atoms with Crippen molar-refractivity contribution < 1.29 is 18.0 Å². The molecule has 4 nitrogen and oxygen atoms in total. The summed E-state index contributed by atoms with van der Waals surface area (Å²) < 4.78 is 40.4. The molecule has 154 valence electrons. The molecule has 3 rings (SSSR count). The number of amidine groups is 1. The fraction of sp³-hybridized carbons (Fsp3) is 0.400. The van der Waals surface area contributed by atoms with Crippen molar-refractivity contribution in [1.82, 2.24) is 10.2 Å². The van der Waals surface area contributed by atoms with Crippen LogP contribution in [-0.4, -0.2) is 35.6 Å². The van der Waals surface area contributed by atoms with Gasteiger partial charge >= 0.3 is 11.4 Å². The van der Waals surface area contributed by atoms with Crippen molar-refractivity contribution in [1.29, 1.82) is 0 Å². The standard InChI is InChI=1S/C20H19BrF3N3OS/c1-2-7-25-18-17(29-19(28)26-18)10-13-5-8-27(9-6-13)12-14-3-4-15(21)11-16(14)20(22,23)24/h1,3-4,10-11,13H,5-9,12H2,(H,25,26,28). The molecule has 1 fully saturated rings. The molecule has 29 heavy (non-hydrogen) atoms. The highest BCUT2D eigenvalue weighted by Crippen LogP contribution is 2.35. The number of benzene rings is 1. The van der Waals surface area contributed by atoms with Crippen molar-refractivity contribution in [2.75, 3.05) is 19.6 Å². The third-order valence-electron chi connectivity index (χ3n) is 4.78. The van der Waals surface area contributed by atoms with E-state index in [0.717, 1.165) is 35.6 Å². The number of nitrogens with zero attached hydrogens (tertiary/aromatic N) is 2. The maximum atomic E-state index is 13.3. The summed E-state index contributed by atoms with van der Waals surface area (Å²) in [6.45, 7) is 1.92. The number of rotatable bonds is 4. The molecule has 0 radical (unpaired) electrons. The molecule has 1 amide bonds. The number of halogens is 4. The Morgan fingerprint density at radius 3 is 2.76 bits per heavy atom. The number of carbonyl (C=O) groups excluding carboxylic acids is 1. The van der Waals surface area contributed by atoms with Gasteiger partial charge in [0.1, 0.15) is 5.84 Å². The second-order valence-corrected chi connectivity index (χ2v) is 8.74. The third kappa shape index (κ3) is 5.87. The van der Waals surface area contributed by atoms with E-state index in [1.165, 1.54) is 6.07 Å². The van der Waals surface area contributed by atoms with Gasteiger partial charge in [0.25, 0.3) is 0 Å². The van der Waals surface area contributed by atoms with E-state index in [-0.39, 0.29) is 29.8 Å². The van der Waals surface area contributed by atoms with E-state index >= 15 is 0 Å². The van der Waals surface area contributed by atoms with E-state index in [4.69, 9.17) is 6.42 Å². The van der Waals surface area contributed by atoms with Crippen molar-refractivity contribution >= 4 is 38.8 Å². The number of piperidine rings is 1. The molecule has 2 heterocycles. The molecule has 0 bridgehead atoms. The van der Waals surface area contributed by atoms with E-state index in [9.17, 15) is 18.0 Å². The molecule has 1 aromatic carbocycles. The number of hydrogen-bond acceptors (Lipinski definition) is 4. The summed E-state index contributed by atoms with van der Waals surface area (Å²) in [5.41, 5.74) is -0.320. The van der Waals surface area contributed by atoms with Crippen LogP contribution in [0.15, 0.2) is 38.6 Å².